The third-order valence-corrected chi connectivity index (χ3v) is 27.7. The molecule has 2 bridgehead atoms. The average Bonchev–Trinajstić information content (AvgIpc) is 0.993. The van der Waals surface area contributed by atoms with E-state index in [2.05, 4.69) is 108 Å². The lowest BCUT2D eigenvalue weighted by Crippen LogP contribution is -3.00. The van der Waals surface area contributed by atoms with Crippen LogP contribution in [0.5, 0.6) is 23.0 Å². The molecule has 0 saturated carbocycles. The second-order valence-electron chi connectivity index (χ2n) is 38.4. The molecule has 9 aromatic rings. The van der Waals surface area contributed by atoms with Crippen LogP contribution in [0.4, 0.5) is 0 Å². The summed E-state index contributed by atoms with van der Waals surface area (Å²) < 4.78 is 65.7. The molecule has 1 aliphatic carbocycles. The van der Waals surface area contributed by atoms with E-state index < -0.39 is 73.8 Å². The molecule has 3 heterocycles. The minimum Gasteiger partial charge on any atom is -1.00 e. The Labute approximate surface area is 849 Å². The third kappa shape index (κ3) is 33.5. The van der Waals surface area contributed by atoms with Crippen molar-refractivity contribution in [3.05, 3.63) is 270 Å². The van der Waals surface area contributed by atoms with E-state index in [-0.39, 0.29) is 124 Å². The lowest BCUT2D eigenvalue weighted by atomic mass is 9.88. The lowest BCUT2D eigenvalue weighted by molar-refractivity contribution is -0.369. The Balaban J connectivity index is 0.000000287. The summed E-state index contributed by atoms with van der Waals surface area (Å²) in [5, 5.41) is 18.2. The summed E-state index contributed by atoms with van der Waals surface area (Å²) in [6.45, 7) is 36.4. The summed E-state index contributed by atoms with van der Waals surface area (Å²) in [7, 11) is -3.38. The highest BCUT2D eigenvalue weighted by molar-refractivity contribution is 7.92. The first-order valence-corrected chi connectivity index (χ1v) is 49.9. The number of carbonyl (C=O) groups excluding carboxylic acids is 9. The van der Waals surface area contributed by atoms with Gasteiger partial charge in [0, 0.05) is 55.2 Å². The van der Waals surface area contributed by atoms with E-state index in [0.717, 1.165) is 110 Å². The maximum Gasteiger partial charge on any atom is 0.329 e. The Morgan fingerprint density at radius 1 is 0.669 bits per heavy atom. The number of quaternary nitrogens is 2. The number of nitrogens with two attached hydrogens (primary N) is 1. The minimum absolute atomic E-state index is 0. The van der Waals surface area contributed by atoms with E-state index in [1.807, 2.05) is 193 Å². The molecule has 13 rings (SSSR count). The summed E-state index contributed by atoms with van der Waals surface area (Å²) in [5.74, 6) is -1.14. The molecule has 0 aromatic heterocycles. The van der Waals surface area contributed by atoms with Gasteiger partial charge < -0.3 is 102 Å². The van der Waals surface area contributed by atoms with E-state index >= 15 is 0 Å². The van der Waals surface area contributed by atoms with Crippen LogP contribution in [0.25, 0.3) is 43.8 Å². The number of amides is 4. The first-order valence-electron chi connectivity index (χ1n) is 48.4. The van der Waals surface area contributed by atoms with Crippen molar-refractivity contribution in [1.82, 2.24) is 26.6 Å². The molecule has 0 fully saturated rings. The maximum atomic E-state index is 14.2. The normalized spacial score (nSPS) is 15.5. The summed E-state index contributed by atoms with van der Waals surface area (Å²) in [4.78, 5) is 117. The van der Waals surface area contributed by atoms with Crippen LogP contribution in [0.15, 0.2) is 231 Å². The van der Waals surface area contributed by atoms with Crippen molar-refractivity contribution in [2.75, 3.05) is 52.7 Å². The Hall–Kier alpha value is -12.7. The van der Waals surface area contributed by atoms with Gasteiger partial charge in [0.1, 0.15) is 67.7 Å². The number of esters is 2. The average molecular weight is 2010 g/mol. The molecule has 142 heavy (non-hydrogen) atoms. The molecule has 29 heteroatoms. The molecule has 6 atom stereocenters. The predicted molar refractivity (Wildman–Crippen MR) is 549 cm³/mol. The second-order valence-corrected chi connectivity index (χ2v) is 41.0. The number of unbranched alkanes of at least 4 members (excludes halogenated alkanes) is 2. The number of sulfone groups is 1. The maximum absolute atomic E-state index is 14.2. The van der Waals surface area contributed by atoms with Crippen LogP contribution < -0.4 is 87.5 Å². The highest BCUT2D eigenvalue weighted by atomic mass is 35.5. The lowest BCUT2D eigenvalue weighted by Gasteiger charge is -2.36. The van der Waals surface area contributed by atoms with Gasteiger partial charge in [-0.2, -0.15) is 0 Å². The highest BCUT2D eigenvalue weighted by Crippen LogP contribution is 2.48. The number of rotatable bonds is 38. The van der Waals surface area contributed by atoms with Crippen molar-refractivity contribution in [1.29, 1.82) is 0 Å². The van der Waals surface area contributed by atoms with Crippen LogP contribution in [0.2, 0.25) is 0 Å². The second kappa shape index (κ2) is 56.3. The molecule has 3 aliphatic heterocycles. The number of Topliss-reactive ketones (excluding diaryl/α,β-unsaturated/α-hetero) is 2. The molecule has 0 saturated heterocycles. The van der Waals surface area contributed by atoms with E-state index in [0.29, 0.717) is 93.4 Å². The van der Waals surface area contributed by atoms with Gasteiger partial charge in [0.2, 0.25) is 17.7 Å². The molecular formula is C113H144Cl2N8O18S. The third-order valence-electron chi connectivity index (χ3n) is 24.9. The molecule has 4 amide bonds. The number of fused-ring (bicyclic) bond motifs is 19. The minimum atomic E-state index is -3.38. The monoisotopic (exact) mass is 2000 g/mol. The number of nitrogens with one attached hydrogen (secondary N) is 5. The van der Waals surface area contributed by atoms with Gasteiger partial charge in [-0.25, -0.2) is 13.2 Å². The Bertz CT molecular complexity index is 5910. The zero-order valence-electron chi connectivity index (χ0n) is 84.3. The summed E-state index contributed by atoms with van der Waals surface area (Å²) >= 11 is 0. The summed E-state index contributed by atoms with van der Waals surface area (Å²) in [6.07, 6.45) is 14.0. The van der Waals surface area contributed by atoms with Crippen LogP contribution in [0.1, 0.15) is 196 Å². The highest BCUT2D eigenvalue weighted by Gasteiger charge is 2.40. The zero-order chi connectivity index (χ0) is 102. The molecule has 13 N–H and O–H groups in total. The molecule has 764 valence electrons. The molecule has 4 aliphatic rings. The van der Waals surface area contributed by atoms with Gasteiger partial charge in [0.05, 0.1) is 52.1 Å². The SMILES string of the molecule is C=CCOc1ccc2ccccc2c1-c1c(OCC(=O)N[C@H](CCCC[NH3+])C(=O)C[C@H](CCCNC(=C)N)C(=O)N[C@@H](CC=C)C(=O)OCc2ccccc2)ccc2ccccc12.CC(=O)N[C@H]1Cc2ccc(cc2)OCC=CC[C@@H](COC=O)NC(=O)[C@@H](CCCC[NH3+])CC1=O.CC(C)(C)C(=O)OCC1c2ccccc2-c2ccccc21.Cc1c(C)c(S(=O)(=O)C(C)(C)C)c(C)c2c1OC(C)(C)CC2.[Cl-].[Cl-]. The van der Waals surface area contributed by atoms with Crippen LogP contribution in [0, 0.1) is 38.0 Å². The number of halogens is 2. The van der Waals surface area contributed by atoms with E-state index in [4.69, 9.17) is 38.9 Å². The number of benzene rings is 9. The first kappa shape index (κ1) is 116. The van der Waals surface area contributed by atoms with Gasteiger partial charge in [-0.3, -0.25) is 38.4 Å². The standard InChI is InChI=1S/C51H59N5O7.C25H35N3O6.C19H20O2.C18H28O3S.2ClH/c1-4-16-43(51(60)63-33-36-17-7-6-8-18-36)56-50(59)39(21-15-30-54-35(3)53)32-44(57)42(24-13-14-29-52)55-47(58)34-62-46-28-26-38-20-10-12-23-41(38)49(46)48-40-22-11-9-19-37(40)25-27-45(48)61-31-5-2;1-18(30)27-23-14-19-8-10-22(11-9-19)34-13-5-3-7-21(16-33-17-29)28-25(32)20(15-24(23)31)6-2-4-12-26;1-19(2,3)18(20)21-12-17-15-10-6-4-8-13(15)14-9-5-7-11-16(14)17;1-11-12(2)16(22(19,20)17(4,5)6)13(3)14-9-10-18(7,8)21-15(11)14;;/h4-12,17-20,22-23,25-28,39,42-43,54H,1-3,13-16,21,24,29-34,52-53H2,(H,55,58)(H,56,59);3,5,8-11,17,20-21,23H,2,4,6-7,12-16,26H2,1H3,(H,27,30)(H,28,32);4-11,17H,12H2,1-3H3;9-10H2,1-8H3;2*1H/t39-,42+,43-;20-,21-,23-;;;;/m00..../s1. The van der Waals surface area contributed by atoms with Crippen molar-refractivity contribution in [3.63, 3.8) is 0 Å². The fourth-order valence-corrected chi connectivity index (χ4v) is 18.8. The largest absolute Gasteiger partial charge is 1.00 e. The van der Waals surface area contributed by atoms with Crippen molar-refractivity contribution in [2.45, 2.75) is 231 Å². The van der Waals surface area contributed by atoms with Crippen LogP contribution in [-0.4, -0.2) is 149 Å². The Kier molecular flexibility index (Phi) is 46.1. The molecule has 26 nitrogen and oxygen atoms in total. The van der Waals surface area contributed by atoms with Crippen LogP contribution in [-0.2, 0) is 86.6 Å². The van der Waals surface area contributed by atoms with Gasteiger partial charge >= 0.3 is 11.9 Å². The molecular weight excluding hydrogens is 1860 g/mol. The number of carbonyl (C=O) groups is 9. The predicted octanol–water partition coefficient (Wildman–Crippen LogP) is 10.1. The van der Waals surface area contributed by atoms with Gasteiger partial charge in [-0.15, -0.1) is 6.58 Å². The fourth-order valence-electron chi connectivity index (χ4n) is 17.1. The molecule has 0 unspecified atom stereocenters. The summed E-state index contributed by atoms with van der Waals surface area (Å²) in [6, 6.07) is 53.9. The number of hydrogen-bond donors (Lipinski definition) is 8. The molecule has 0 radical (unpaired) electrons. The zero-order valence-corrected chi connectivity index (χ0v) is 86.6. The van der Waals surface area contributed by atoms with Gasteiger partial charge in [0.15, 0.2) is 28.0 Å². The van der Waals surface area contributed by atoms with Gasteiger partial charge in [-0.05, 0) is 261 Å². The first-order chi connectivity index (χ1) is 66.8. The van der Waals surface area contributed by atoms with Crippen LogP contribution >= 0.6 is 0 Å². The Morgan fingerprint density at radius 3 is 1.85 bits per heavy atom. The molecule has 0 spiro atoms. The Morgan fingerprint density at radius 2 is 1.27 bits per heavy atom. The number of ketones is 2. The quantitative estimate of drug-likeness (QED) is 0.00586. The van der Waals surface area contributed by atoms with Crippen molar-refractivity contribution in [3.8, 4) is 45.3 Å². The van der Waals surface area contributed by atoms with Crippen LogP contribution in [0.3, 0.4) is 0 Å². The summed E-state index contributed by atoms with van der Waals surface area (Å²) in [5.41, 5.74) is 24.8. The van der Waals surface area contributed by atoms with E-state index in [9.17, 15) is 51.6 Å². The van der Waals surface area contributed by atoms with E-state index in [1.54, 1.807) is 26.8 Å². The number of hydrogen-bond acceptors (Lipinski definition) is 20. The van der Waals surface area contributed by atoms with E-state index in [1.165, 1.54) is 35.3 Å². The smallest absolute Gasteiger partial charge is 0.329 e. The molecule has 9 aromatic carbocycles. The van der Waals surface area contributed by atoms with Crippen molar-refractivity contribution < 1.29 is 121 Å². The van der Waals surface area contributed by atoms with Gasteiger partial charge in [-0.1, -0.05) is 189 Å². The van der Waals surface area contributed by atoms with Gasteiger partial charge in [0.25, 0.3) is 12.4 Å². The topological polar surface area (TPSA) is 394 Å². The van der Waals surface area contributed by atoms with Crippen molar-refractivity contribution >= 4 is 85.0 Å². The van der Waals surface area contributed by atoms with Crippen molar-refractivity contribution in [2.24, 2.45) is 23.0 Å². The fraction of sp³-hybridized carbons (Fsp3) is 0.407. The number of ether oxygens (including phenoxy) is 7.